The number of sulfonamides is 1. The topological polar surface area (TPSA) is 72.5 Å². The van der Waals surface area contributed by atoms with Crippen LogP contribution in [0.2, 0.25) is 0 Å². The lowest BCUT2D eigenvalue weighted by Gasteiger charge is -2.14. The van der Waals surface area contributed by atoms with Gasteiger partial charge in [-0.05, 0) is 42.8 Å². The van der Waals surface area contributed by atoms with Crippen LogP contribution in [0, 0.1) is 5.82 Å². The lowest BCUT2D eigenvalue weighted by Crippen LogP contribution is -2.15. The van der Waals surface area contributed by atoms with Crippen LogP contribution < -0.4 is 4.72 Å². The fourth-order valence-corrected chi connectivity index (χ4v) is 3.67. The summed E-state index contributed by atoms with van der Waals surface area (Å²) in [7, 11) is -4.07. The van der Waals surface area contributed by atoms with Gasteiger partial charge in [0.2, 0.25) is 0 Å². The Hall–Kier alpha value is -3.19. The van der Waals surface area contributed by atoms with E-state index < -0.39 is 27.9 Å². The molecule has 0 unspecified atom stereocenters. The fourth-order valence-electron chi connectivity index (χ4n) is 2.56. The number of rotatable bonds is 6. The van der Waals surface area contributed by atoms with Gasteiger partial charge in [-0.15, -0.1) is 0 Å². The number of esters is 1. The highest BCUT2D eigenvalue weighted by molar-refractivity contribution is 7.92. The SMILES string of the molecule is C[C@@H](OC(=O)c1cccc(S(=O)(=O)Nc2ccccc2F)c1)c1ccccc1. The summed E-state index contributed by atoms with van der Waals surface area (Å²) in [5.41, 5.74) is 0.730. The van der Waals surface area contributed by atoms with Crippen molar-refractivity contribution in [2.24, 2.45) is 0 Å². The Kier molecular flexibility index (Phi) is 5.75. The van der Waals surface area contributed by atoms with Crippen LogP contribution in [0.15, 0.2) is 83.8 Å². The van der Waals surface area contributed by atoms with Gasteiger partial charge in [0.1, 0.15) is 11.9 Å². The van der Waals surface area contributed by atoms with E-state index >= 15 is 0 Å². The molecule has 0 heterocycles. The Labute approximate surface area is 162 Å². The number of benzene rings is 3. The van der Waals surface area contributed by atoms with Crippen LogP contribution in [0.5, 0.6) is 0 Å². The van der Waals surface area contributed by atoms with Crippen molar-refractivity contribution in [3.63, 3.8) is 0 Å². The minimum absolute atomic E-state index is 0.0826. The molecule has 1 N–H and O–H groups in total. The molecule has 5 nitrogen and oxygen atoms in total. The van der Waals surface area contributed by atoms with Gasteiger partial charge in [0.05, 0.1) is 16.1 Å². The number of para-hydroxylation sites is 1. The minimum Gasteiger partial charge on any atom is -0.454 e. The number of halogens is 1. The molecular formula is C21H18FNO4S. The molecule has 0 radical (unpaired) electrons. The summed E-state index contributed by atoms with van der Waals surface area (Å²) in [6, 6.07) is 20.0. The molecule has 0 aromatic heterocycles. The summed E-state index contributed by atoms with van der Waals surface area (Å²) < 4.78 is 46.4. The smallest absolute Gasteiger partial charge is 0.338 e. The molecule has 0 aliphatic heterocycles. The number of anilines is 1. The van der Waals surface area contributed by atoms with Crippen LogP contribution in [-0.4, -0.2) is 14.4 Å². The van der Waals surface area contributed by atoms with E-state index in [1.54, 1.807) is 6.92 Å². The molecule has 0 aliphatic rings. The van der Waals surface area contributed by atoms with Crippen molar-refractivity contribution in [3.05, 3.63) is 95.8 Å². The first kappa shape index (κ1) is 19.6. The van der Waals surface area contributed by atoms with Gasteiger partial charge in [0.25, 0.3) is 10.0 Å². The Morgan fingerprint density at radius 1 is 0.964 bits per heavy atom. The normalized spacial score (nSPS) is 12.2. The van der Waals surface area contributed by atoms with Crippen LogP contribution in [0.4, 0.5) is 10.1 Å². The third-order valence-corrected chi connectivity index (χ3v) is 5.41. The van der Waals surface area contributed by atoms with Crippen LogP contribution in [0.1, 0.15) is 28.9 Å². The average molecular weight is 399 g/mol. The molecule has 0 bridgehead atoms. The maximum Gasteiger partial charge on any atom is 0.338 e. The molecule has 3 aromatic rings. The summed E-state index contributed by atoms with van der Waals surface area (Å²) in [6.45, 7) is 1.73. The van der Waals surface area contributed by atoms with Crippen molar-refractivity contribution in [2.45, 2.75) is 17.9 Å². The highest BCUT2D eigenvalue weighted by Gasteiger charge is 2.19. The first-order valence-corrected chi connectivity index (χ1v) is 9.98. The van der Waals surface area contributed by atoms with Gasteiger partial charge in [-0.25, -0.2) is 17.6 Å². The zero-order valence-corrected chi connectivity index (χ0v) is 15.8. The summed E-state index contributed by atoms with van der Waals surface area (Å²) in [5.74, 6) is -1.35. The second kappa shape index (κ2) is 8.22. The van der Waals surface area contributed by atoms with Gasteiger partial charge in [-0.2, -0.15) is 0 Å². The molecule has 28 heavy (non-hydrogen) atoms. The van der Waals surface area contributed by atoms with E-state index in [2.05, 4.69) is 4.72 Å². The van der Waals surface area contributed by atoms with Gasteiger partial charge >= 0.3 is 5.97 Å². The Morgan fingerprint density at radius 2 is 1.64 bits per heavy atom. The molecule has 1 atom stereocenters. The molecule has 0 saturated heterocycles. The van der Waals surface area contributed by atoms with E-state index in [1.807, 2.05) is 30.3 Å². The van der Waals surface area contributed by atoms with Gasteiger partial charge < -0.3 is 4.74 Å². The number of hydrogen-bond donors (Lipinski definition) is 1. The van der Waals surface area contributed by atoms with Crippen molar-refractivity contribution >= 4 is 21.7 Å². The first-order valence-electron chi connectivity index (χ1n) is 8.50. The lowest BCUT2D eigenvalue weighted by atomic mass is 10.1. The first-order chi connectivity index (χ1) is 13.4. The zero-order valence-electron chi connectivity index (χ0n) is 15.0. The van der Waals surface area contributed by atoms with Crippen LogP contribution in [0.25, 0.3) is 0 Å². The van der Waals surface area contributed by atoms with Crippen LogP contribution in [0.3, 0.4) is 0 Å². The molecule has 3 aromatic carbocycles. The predicted octanol–water partition coefficient (Wildman–Crippen LogP) is 4.54. The van der Waals surface area contributed by atoms with Crippen molar-refractivity contribution < 1.29 is 22.3 Å². The average Bonchev–Trinajstić information content (AvgIpc) is 2.70. The van der Waals surface area contributed by atoms with Crippen LogP contribution >= 0.6 is 0 Å². The number of hydrogen-bond acceptors (Lipinski definition) is 4. The molecule has 0 amide bonds. The fraction of sp³-hybridized carbons (Fsp3) is 0.0952. The minimum atomic E-state index is -4.07. The van der Waals surface area contributed by atoms with E-state index in [1.165, 1.54) is 42.5 Å². The summed E-state index contributed by atoms with van der Waals surface area (Å²) in [4.78, 5) is 12.3. The summed E-state index contributed by atoms with van der Waals surface area (Å²) >= 11 is 0. The Morgan fingerprint density at radius 3 is 2.36 bits per heavy atom. The quantitative estimate of drug-likeness (QED) is 0.618. The molecule has 0 spiro atoms. The van der Waals surface area contributed by atoms with Crippen LogP contribution in [-0.2, 0) is 14.8 Å². The molecule has 0 aliphatic carbocycles. The zero-order chi connectivity index (χ0) is 20.1. The van der Waals surface area contributed by atoms with Crippen molar-refractivity contribution in [3.8, 4) is 0 Å². The molecule has 3 rings (SSSR count). The van der Waals surface area contributed by atoms with Crippen molar-refractivity contribution in [2.75, 3.05) is 4.72 Å². The lowest BCUT2D eigenvalue weighted by molar-refractivity contribution is 0.0337. The summed E-state index contributed by atoms with van der Waals surface area (Å²) in [6.07, 6.45) is -0.495. The number of carbonyl (C=O) groups is 1. The largest absolute Gasteiger partial charge is 0.454 e. The second-order valence-corrected chi connectivity index (χ2v) is 7.75. The van der Waals surface area contributed by atoms with Crippen molar-refractivity contribution in [1.82, 2.24) is 0 Å². The maximum atomic E-state index is 13.7. The van der Waals surface area contributed by atoms with Gasteiger partial charge in [0.15, 0.2) is 0 Å². The number of ether oxygens (including phenoxy) is 1. The van der Waals surface area contributed by atoms with E-state index in [4.69, 9.17) is 4.74 Å². The second-order valence-electron chi connectivity index (χ2n) is 6.07. The Balaban J connectivity index is 1.79. The van der Waals surface area contributed by atoms with E-state index in [0.29, 0.717) is 0 Å². The van der Waals surface area contributed by atoms with Gasteiger partial charge in [-0.3, -0.25) is 4.72 Å². The van der Waals surface area contributed by atoms with E-state index in [9.17, 15) is 17.6 Å². The standard InChI is InChI=1S/C21H18FNO4S/c1-15(16-8-3-2-4-9-16)27-21(24)17-10-7-11-18(14-17)28(25,26)23-20-13-6-5-12-19(20)22/h2-15,23H,1H3/t15-/m1/s1. The van der Waals surface area contributed by atoms with Crippen molar-refractivity contribution in [1.29, 1.82) is 0 Å². The Bertz CT molecular complexity index is 1080. The maximum absolute atomic E-state index is 13.7. The number of nitrogens with one attached hydrogen (secondary N) is 1. The van der Waals surface area contributed by atoms with E-state index in [-0.39, 0.29) is 16.1 Å². The summed E-state index contributed by atoms with van der Waals surface area (Å²) in [5, 5.41) is 0. The monoisotopic (exact) mass is 399 g/mol. The third kappa shape index (κ3) is 4.55. The third-order valence-electron chi connectivity index (χ3n) is 4.05. The molecular weight excluding hydrogens is 381 g/mol. The van der Waals surface area contributed by atoms with Gasteiger partial charge in [0, 0.05) is 0 Å². The molecule has 7 heteroatoms. The molecule has 0 saturated carbocycles. The predicted molar refractivity (Wildman–Crippen MR) is 104 cm³/mol. The molecule has 144 valence electrons. The number of carbonyl (C=O) groups excluding carboxylic acids is 1. The highest BCUT2D eigenvalue weighted by atomic mass is 32.2. The highest BCUT2D eigenvalue weighted by Crippen LogP contribution is 2.22. The van der Waals surface area contributed by atoms with Gasteiger partial charge in [-0.1, -0.05) is 48.5 Å². The molecule has 0 fully saturated rings. The van der Waals surface area contributed by atoms with E-state index in [0.717, 1.165) is 11.6 Å².